The van der Waals surface area contributed by atoms with Gasteiger partial charge in [0.15, 0.2) is 0 Å². The summed E-state index contributed by atoms with van der Waals surface area (Å²) < 4.78 is 0. The SMILES string of the molecule is C1#CC([PH](c2ccccc2)c2ccccc2)C#C1.C1#CC([PH](c2ccccc2)c2ccccc2)C#C1.[Cl][Pd][Cl].[Fe+2]. The van der Waals surface area contributed by atoms with Crippen molar-refractivity contribution in [3.63, 3.8) is 0 Å². The van der Waals surface area contributed by atoms with E-state index in [1.54, 1.807) is 0 Å². The molecule has 0 atom stereocenters. The molecule has 0 saturated carbocycles. The Morgan fingerprint density at radius 1 is 0.425 bits per heavy atom. The number of benzene rings is 4. The van der Waals surface area contributed by atoms with Gasteiger partial charge in [-0.1, -0.05) is 161 Å². The monoisotopic (exact) mass is 726 g/mol. The maximum atomic E-state index is 4.81. The van der Waals surface area contributed by atoms with Crippen LogP contribution in [0, 0.1) is 47.4 Å². The largest absolute Gasteiger partial charge is 2.00 e. The molecule has 2 aliphatic rings. The molecule has 0 bridgehead atoms. The summed E-state index contributed by atoms with van der Waals surface area (Å²) in [5, 5.41) is 5.52. The number of hydrogen-bond donors (Lipinski definition) is 0. The summed E-state index contributed by atoms with van der Waals surface area (Å²) in [5.41, 5.74) is 0.416. The molecule has 0 aliphatic heterocycles. The van der Waals surface area contributed by atoms with Crippen LogP contribution in [-0.2, 0) is 33.0 Å². The van der Waals surface area contributed by atoms with Crippen molar-refractivity contribution in [2.45, 2.75) is 11.3 Å². The first-order chi connectivity index (χ1) is 19.3. The predicted molar refractivity (Wildman–Crippen MR) is 171 cm³/mol. The van der Waals surface area contributed by atoms with Crippen LogP contribution in [0.4, 0.5) is 0 Å². The van der Waals surface area contributed by atoms with E-state index in [0.29, 0.717) is 0 Å². The van der Waals surface area contributed by atoms with Gasteiger partial charge < -0.3 is 0 Å². The van der Waals surface area contributed by atoms with E-state index in [-0.39, 0.29) is 44.3 Å². The van der Waals surface area contributed by atoms with Crippen LogP contribution in [0.5, 0.6) is 0 Å². The molecule has 2 aliphatic carbocycles. The molecular formula is C34H24Cl2FeP2Pd+2. The summed E-state index contributed by atoms with van der Waals surface area (Å²) in [4.78, 5) is 0. The van der Waals surface area contributed by atoms with Gasteiger partial charge in [-0.2, -0.15) is 0 Å². The summed E-state index contributed by atoms with van der Waals surface area (Å²) in [6, 6.07) is 42.6. The van der Waals surface area contributed by atoms with E-state index in [4.69, 9.17) is 19.1 Å². The van der Waals surface area contributed by atoms with E-state index in [9.17, 15) is 0 Å². The summed E-state index contributed by atoms with van der Waals surface area (Å²) in [6.07, 6.45) is 0. The molecule has 0 fully saturated rings. The Morgan fingerprint density at radius 2 is 0.625 bits per heavy atom. The van der Waals surface area contributed by atoms with Gasteiger partial charge in [-0.25, -0.2) is 0 Å². The number of halogens is 2. The van der Waals surface area contributed by atoms with Gasteiger partial charge in [0.05, 0.1) is 0 Å². The van der Waals surface area contributed by atoms with Crippen molar-refractivity contribution in [3.05, 3.63) is 121 Å². The van der Waals surface area contributed by atoms with E-state index < -0.39 is 15.8 Å². The zero-order valence-corrected chi connectivity index (χ0v) is 27.3. The van der Waals surface area contributed by atoms with E-state index in [2.05, 4.69) is 169 Å². The molecule has 2 radical (unpaired) electrons. The molecule has 200 valence electrons. The molecule has 0 unspecified atom stereocenters. The predicted octanol–water partition coefficient (Wildman–Crippen LogP) is 5.86. The van der Waals surface area contributed by atoms with Crippen molar-refractivity contribution in [2.75, 3.05) is 0 Å². The molecule has 4 aromatic rings. The second kappa shape index (κ2) is 18.2. The van der Waals surface area contributed by atoms with Crippen LogP contribution >= 0.6 is 34.9 Å². The van der Waals surface area contributed by atoms with Gasteiger partial charge in [-0.15, -0.1) is 0 Å². The van der Waals surface area contributed by atoms with Crippen molar-refractivity contribution < 1.29 is 33.0 Å². The summed E-state index contributed by atoms with van der Waals surface area (Å²) >= 11 is -0.106. The Kier molecular flexibility index (Phi) is 14.7. The third kappa shape index (κ3) is 9.40. The average Bonchev–Trinajstić information content (AvgIpc) is 3.72. The minimum atomic E-state index is -0.925. The quantitative estimate of drug-likeness (QED) is 0.133. The van der Waals surface area contributed by atoms with E-state index in [1.165, 1.54) is 21.2 Å². The normalized spacial score (nSPS) is 12.0. The molecule has 0 N–H and O–H groups in total. The minimum absolute atomic E-state index is 0. The van der Waals surface area contributed by atoms with Gasteiger partial charge in [0, 0.05) is 0 Å². The molecule has 4 aromatic carbocycles. The molecule has 0 aromatic heterocycles. The van der Waals surface area contributed by atoms with Crippen LogP contribution in [-0.4, -0.2) is 11.3 Å². The molecular weight excluding hydrogens is 703 g/mol. The second-order valence-corrected chi connectivity index (χ2v) is 15.8. The van der Waals surface area contributed by atoms with Crippen molar-refractivity contribution >= 4 is 56.1 Å². The van der Waals surface area contributed by atoms with Crippen molar-refractivity contribution in [1.29, 1.82) is 0 Å². The van der Waals surface area contributed by atoms with Gasteiger partial charge in [-0.05, 0) is 44.9 Å². The fourth-order valence-electron chi connectivity index (χ4n) is 4.26. The van der Waals surface area contributed by atoms with Crippen LogP contribution in [0.15, 0.2) is 121 Å². The van der Waals surface area contributed by atoms with E-state index in [0.717, 1.165) is 0 Å². The minimum Gasteiger partial charge on any atom is 2.00 e. The summed E-state index contributed by atoms with van der Waals surface area (Å²) in [6.45, 7) is 0. The maximum absolute atomic E-state index is 4.81. The molecule has 0 spiro atoms. The topological polar surface area (TPSA) is 0 Å². The molecule has 0 heterocycles. The standard InChI is InChI=1S/2C17H12P.2ClH.Fe.Pd/c2*1-3-9-15(10-4-1)18(17-13-7-8-14-17)16-11-5-2-6-12-16;;;;/h2*1-6,9-12,17-18H;2*1H;;/q;;;;2*+2/p-2. The van der Waals surface area contributed by atoms with Gasteiger partial charge in [-0.3, -0.25) is 0 Å². The zero-order chi connectivity index (χ0) is 27.1. The van der Waals surface area contributed by atoms with E-state index >= 15 is 0 Å². The van der Waals surface area contributed by atoms with Crippen molar-refractivity contribution in [1.82, 2.24) is 0 Å². The molecule has 40 heavy (non-hydrogen) atoms. The third-order valence-corrected chi connectivity index (χ3v) is 11.5. The first-order valence-electron chi connectivity index (χ1n) is 12.1. The fourth-order valence-corrected chi connectivity index (χ4v) is 9.34. The smallest absolute Gasteiger partial charge is 2.00 e. The average molecular weight is 728 g/mol. The Balaban J connectivity index is 0.000000197. The summed E-state index contributed by atoms with van der Waals surface area (Å²) in [5.74, 6) is 24.5. The Labute approximate surface area is 267 Å². The Bertz CT molecular complexity index is 1350. The van der Waals surface area contributed by atoms with Crippen molar-refractivity contribution in [2.24, 2.45) is 0 Å². The molecule has 0 amide bonds. The Hall–Kier alpha value is -2.26. The fraction of sp³-hybridized carbons (Fsp3) is 0.0588. The van der Waals surface area contributed by atoms with Crippen LogP contribution in [0.25, 0.3) is 0 Å². The van der Waals surface area contributed by atoms with Gasteiger partial charge in [0.2, 0.25) is 0 Å². The van der Waals surface area contributed by atoms with Crippen LogP contribution in [0.1, 0.15) is 0 Å². The van der Waals surface area contributed by atoms with Crippen LogP contribution in [0.3, 0.4) is 0 Å². The molecule has 6 heteroatoms. The second-order valence-electron chi connectivity index (χ2n) is 8.28. The van der Waals surface area contributed by atoms with Crippen LogP contribution in [0.2, 0.25) is 0 Å². The number of rotatable bonds is 6. The van der Waals surface area contributed by atoms with Gasteiger partial charge >= 0.3 is 52.1 Å². The molecule has 6 rings (SSSR count). The maximum Gasteiger partial charge on any atom is 2.00 e. The first-order valence-corrected chi connectivity index (χ1v) is 19.3. The van der Waals surface area contributed by atoms with Crippen molar-refractivity contribution in [3.8, 4) is 47.4 Å². The zero-order valence-electron chi connectivity index (χ0n) is 21.1. The summed E-state index contributed by atoms with van der Waals surface area (Å²) in [7, 11) is 7.78. The first kappa shape index (κ1) is 32.3. The third-order valence-electron chi connectivity index (χ3n) is 5.91. The number of hydrogen-bond acceptors (Lipinski definition) is 0. The molecule has 0 saturated heterocycles. The van der Waals surface area contributed by atoms with E-state index in [1.807, 2.05) is 0 Å². The van der Waals surface area contributed by atoms with Gasteiger partial charge in [0.1, 0.15) is 11.3 Å². The molecule has 0 nitrogen and oxygen atoms in total. The van der Waals surface area contributed by atoms with Gasteiger partial charge in [0.25, 0.3) is 0 Å². The van der Waals surface area contributed by atoms with Crippen LogP contribution < -0.4 is 21.2 Å². The Morgan fingerprint density at radius 3 is 0.825 bits per heavy atom.